The molecule has 4 saturated carbocycles. The summed E-state index contributed by atoms with van der Waals surface area (Å²) in [5.41, 5.74) is -0.495. The fourth-order valence-electron chi connectivity index (χ4n) is 9.45. The van der Waals surface area contributed by atoms with Gasteiger partial charge in [0.25, 0.3) is 0 Å². The van der Waals surface area contributed by atoms with Crippen LogP contribution >= 0.6 is 0 Å². The molecule has 4 fully saturated rings. The zero-order chi connectivity index (χ0) is 25.8. The SMILES string of the molecule is C=C(CC[C@@H](C)[C@H]1CC[C@H]2[C@@H]3C[C@@H](O)[C@@]4(O)C[C@@H](O)CC[C@]4(COC(C)=O)[C@H]3CC[C@]12C)C(C)C. The van der Waals surface area contributed by atoms with Crippen LogP contribution in [0.15, 0.2) is 12.2 Å². The maximum absolute atomic E-state index is 11.9. The number of aliphatic hydroxyl groups excluding tert-OH is 2. The summed E-state index contributed by atoms with van der Waals surface area (Å²) in [4.78, 5) is 11.8. The highest BCUT2D eigenvalue weighted by Gasteiger charge is 2.69. The van der Waals surface area contributed by atoms with Gasteiger partial charge in [0.2, 0.25) is 0 Å². The number of hydrogen-bond donors (Lipinski definition) is 3. The van der Waals surface area contributed by atoms with Crippen molar-refractivity contribution in [2.75, 3.05) is 6.61 Å². The van der Waals surface area contributed by atoms with E-state index < -0.39 is 23.2 Å². The van der Waals surface area contributed by atoms with Crippen molar-refractivity contribution in [3.63, 3.8) is 0 Å². The standard InChI is InChI=1S/C30H50O5/c1-18(2)19(3)7-8-20(4)24-9-10-25-23-15-27(33)30(34)16-22(32)11-14-29(30,17-35-21(5)31)26(23)12-13-28(24,25)6/h18,20,22-27,32-34H,3,7-17H2,1-2,4-6H3/t20-,22+,23+,24-,25+,26+,27-,28-,29+,30+/m1/s1. The number of ether oxygens (including phenoxy) is 1. The fraction of sp³-hybridized carbons (Fsp3) is 0.900. The van der Waals surface area contributed by atoms with Crippen molar-refractivity contribution in [2.24, 2.45) is 46.3 Å². The second-order valence-corrected chi connectivity index (χ2v) is 13.4. The minimum absolute atomic E-state index is 0.143. The first-order chi connectivity index (χ1) is 16.4. The Morgan fingerprint density at radius 3 is 2.46 bits per heavy atom. The second kappa shape index (κ2) is 9.76. The van der Waals surface area contributed by atoms with E-state index in [1.165, 1.54) is 31.8 Å². The molecule has 3 N–H and O–H groups in total. The van der Waals surface area contributed by atoms with Gasteiger partial charge in [-0.15, -0.1) is 0 Å². The minimum atomic E-state index is -1.41. The van der Waals surface area contributed by atoms with Crippen LogP contribution in [0.1, 0.15) is 98.8 Å². The molecule has 10 atom stereocenters. The van der Waals surface area contributed by atoms with Crippen molar-refractivity contribution in [2.45, 2.75) is 117 Å². The molecular weight excluding hydrogens is 440 g/mol. The van der Waals surface area contributed by atoms with E-state index in [0.717, 1.165) is 19.3 Å². The highest BCUT2D eigenvalue weighted by molar-refractivity contribution is 5.66. The van der Waals surface area contributed by atoms with E-state index in [2.05, 4.69) is 34.3 Å². The Labute approximate surface area is 212 Å². The topological polar surface area (TPSA) is 87.0 Å². The number of allylic oxidation sites excluding steroid dienone is 1. The van der Waals surface area contributed by atoms with Gasteiger partial charge in [0.1, 0.15) is 12.2 Å². The van der Waals surface area contributed by atoms with Gasteiger partial charge in [0.15, 0.2) is 0 Å². The van der Waals surface area contributed by atoms with Gasteiger partial charge in [-0.2, -0.15) is 0 Å². The zero-order valence-corrected chi connectivity index (χ0v) is 22.8. The molecule has 0 unspecified atom stereocenters. The summed E-state index contributed by atoms with van der Waals surface area (Å²) in [5, 5.41) is 33.8. The van der Waals surface area contributed by atoms with Gasteiger partial charge in [0, 0.05) is 18.8 Å². The van der Waals surface area contributed by atoms with Crippen LogP contribution in [0.4, 0.5) is 0 Å². The molecule has 0 bridgehead atoms. The van der Waals surface area contributed by atoms with Gasteiger partial charge in [-0.05, 0) is 98.7 Å². The molecule has 0 aromatic heterocycles. The van der Waals surface area contributed by atoms with Crippen molar-refractivity contribution < 1.29 is 24.9 Å². The summed E-state index contributed by atoms with van der Waals surface area (Å²) in [6.45, 7) is 15.2. The third kappa shape index (κ3) is 4.42. The molecule has 0 heterocycles. The quantitative estimate of drug-likeness (QED) is 0.335. The Morgan fingerprint density at radius 2 is 1.80 bits per heavy atom. The van der Waals surface area contributed by atoms with Crippen molar-refractivity contribution >= 4 is 5.97 Å². The molecule has 5 nitrogen and oxygen atoms in total. The predicted octanol–water partition coefficient (Wildman–Crippen LogP) is 5.26. The van der Waals surface area contributed by atoms with Crippen LogP contribution in [0.3, 0.4) is 0 Å². The Kier molecular flexibility index (Phi) is 7.57. The fourth-order valence-corrected chi connectivity index (χ4v) is 9.45. The van der Waals surface area contributed by atoms with Crippen LogP contribution in [0, 0.1) is 46.3 Å². The normalized spacial score (nSPS) is 45.9. The number of aliphatic hydroxyl groups is 3. The summed E-state index contributed by atoms with van der Waals surface area (Å²) >= 11 is 0. The number of esters is 1. The number of fused-ring (bicyclic) bond motifs is 5. The summed E-state index contributed by atoms with van der Waals surface area (Å²) in [7, 11) is 0. The minimum Gasteiger partial charge on any atom is -0.465 e. The van der Waals surface area contributed by atoms with E-state index >= 15 is 0 Å². The van der Waals surface area contributed by atoms with Crippen LogP contribution in [0.25, 0.3) is 0 Å². The highest BCUT2D eigenvalue weighted by atomic mass is 16.5. The van der Waals surface area contributed by atoms with E-state index in [1.807, 2.05) is 0 Å². The Morgan fingerprint density at radius 1 is 1.09 bits per heavy atom. The molecule has 4 aliphatic rings. The lowest BCUT2D eigenvalue weighted by atomic mass is 9.42. The van der Waals surface area contributed by atoms with Crippen molar-refractivity contribution in [1.82, 2.24) is 0 Å². The molecule has 0 aromatic carbocycles. The van der Waals surface area contributed by atoms with E-state index in [1.54, 1.807) is 0 Å². The molecule has 0 aliphatic heterocycles. The highest BCUT2D eigenvalue weighted by Crippen LogP contribution is 2.69. The zero-order valence-electron chi connectivity index (χ0n) is 22.8. The average Bonchev–Trinajstić information content (AvgIpc) is 3.14. The maximum atomic E-state index is 11.9. The lowest BCUT2D eigenvalue weighted by Gasteiger charge is -2.65. The maximum Gasteiger partial charge on any atom is 0.302 e. The molecule has 35 heavy (non-hydrogen) atoms. The van der Waals surface area contributed by atoms with Crippen LogP contribution in [-0.2, 0) is 9.53 Å². The van der Waals surface area contributed by atoms with Crippen molar-refractivity contribution in [3.05, 3.63) is 12.2 Å². The first-order valence-electron chi connectivity index (χ1n) is 14.2. The molecular formula is C30H50O5. The smallest absolute Gasteiger partial charge is 0.302 e. The van der Waals surface area contributed by atoms with Gasteiger partial charge in [0.05, 0.1) is 12.2 Å². The van der Waals surface area contributed by atoms with Crippen LogP contribution < -0.4 is 0 Å². The summed E-state index contributed by atoms with van der Waals surface area (Å²) in [5.74, 6) is 2.54. The molecule has 0 radical (unpaired) electrons. The van der Waals surface area contributed by atoms with Crippen molar-refractivity contribution in [3.8, 4) is 0 Å². The van der Waals surface area contributed by atoms with Crippen molar-refractivity contribution in [1.29, 1.82) is 0 Å². The molecule has 4 rings (SSSR count). The molecule has 5 heteroatoms. The first-order valence-corrected chi connectivity index (χ1v) is 14.2. The predicted molar refractivity (Wildman–Crippen MR) is 137 cm³/mol. The van der Waals surface area contributed by atoms with Crippen LogP contribution in [0.2, 0.25) is 0 Å². The largest absolute Gasteiger partial charge is 0.465 e. The number of carbonyl (C=O) groups excluding carboxylic acids is 1. The molecule has 0 amide bonds. The Hall–Kier alpha value is -0.910. The third-order valence-corrected chi connectivity index (χ3v) is 11.6. The monoisotopic (exact) mass is 490 g/mol. The van der Waals surface area contributed by atoms with Crippen LogP contribution in [-0.4, -0.2) is 45.7 Å². The van der Waals surface area contributed by atoms with E-state index in [4.69, 9.17) is 4.74 Å². The molecule has 0 spiro atoms. The van der Waals surface area contributed by atoms with Gasteiger partial charge >= 0.3 is 5.97 Å². The molecule has 4 aliphatic carbocycles. The first kappa shape index (κ1) is 27.1. The summed E-state index contributed by atoms with van der Waals surface area (Å²) in [6.07, 6.45) is 7.21. The van der Waals surface area contributed by atoms with E-state index in [9.17, 15) is 20.1 Å². The average molecular weight is 491 g/mol. The summed E-state index contributed by atoms with van der Waals surface area (Å²) < 4.78 is 5.61. The molecule has 0 saturated heterocycles. The second-order valence-electron chi connectivity index (χ2n) is 13.4. The Balaban J connectivity index is 1.59. The number of hydrogen-bond acceptors (Lipinski definition) is 5. The molecule has 0 aromatic rings. The number of rotatable bonds is 7. The van der Waals surface area contributed by atoms with Gasteiger partial charge in [-0.25, -0.2) is 0 Å². The number of carbonyl (C=O) groups is 1. The van der Waals surface area contributed by atoms with Gasteiger partial charge in [-0.3, -0.25) is 4.79 Å². The van der Waals surface area contributed by atoms with Gasteiger partial charge in [-0.1, -0.05) is 39.8 Å². The Bertz CT molecular complexity index is 809. The van der Waals surface area contributed by atoms with Gasteiger partial charge < -0.3 is 20.1 Å². The molecule has 200 valence electrons. The van der Waals surface area contributed by atoms with E-state index in [0.29, 0.717) is 48.9 Å². The summed E-state index contributed by atoms with van der Waals surface area (Å²) in [6, 6.07) is 0. The third-order valence-electron chi connectivity index (χ3n) is 11.6. The van der Waals surface area contributed by atoms with Crippen LogP contribution in [0.5, 0.6) is 0 Å². The lowest BCUT2D eigenvalue weighted by Crippen LogP contribution is -2.71. The lowest BCUT2D eigenvalue weighted by molar-refractivity contribution is -0.282. The van der Waals surface area contributed by atoms with E-state index in [-0.39, 0.29) is 30.3 Å².